The number of ether oxygens (including phenoxy) is 1. The Kier molecular flexibility index (Phi) is 11.1. The average Bonchev–Trinajstić information content (AvgIpc) is 2.53. The third-order valence-electron chi connectivity index (χ3n) is 4.92. The molecule has 9 nitrogen and oxygen atoms in total. The van der Waals surface area contributed by atoms with E-state index in [-0.39, 0.29) is 5.60 Å². The standard InChI is InChI=1S/C14H27NO.C6H8O7/c1-12-6-8-13(9-7-12)14(2,3)16-11-10-15(4)5;7-3(8)1-6(13,5(11)12)2-4(9)10/h6,13H,7-11H2,1-5H3;13H,1-2H2,(H,7,8)(H,9,10)(H,11,12). The predicted octanol–water partition coefficient (Wildman–Crippen LogP) is 1.84. The Morgan fingerprint density at radius 3 is 2.00 bits per heavy atom. The van der Waals surface area contributed by atoms with Crippen LogP contribution in [-0.2, 0) is 19.1 Å². The number of hydrogen-bond donors (Lipinski definition) is 4. The summed E-state index contributed by atoms with van der Waals surface area (Å²) < 4.78 is 6.04. The van der Waals surface area contributed by atoms with Gasteiger partial charge >= 0.3 is 17.9 Å². The van der Waals surface area contributed by atoms with Crippen LogP contribution >= 0.6 is 0 Å². The zero-order chi connectivity index (χ0) is 22.8. The van der Waals surface area contributed by atoms with Gasteiger partial charge in [0.05, 0.1) is 25.0 Å². The van der Waals surface area contributed by atoms with Gasteiger partial charge < -0.3 is 30.1 Å². The van der Waals surface area contributed by atoms with Crippen LogP contribution in [0.4, 0.5) is 0 Å². The summed E-state index contributed by atoms with van der Waals surface area (Å²) in [6.45, 7) is 8.55. The highest BCUT2D eigenvalue weighted by atomic mass is 16.5. The van der Waals surface area contributed by atoms with Gasteiger partial charge in [-0.2, -0.15) is 0 Å². The topological polar surface area (TPSA) is 145 Å². The van der Waals surface area contributed by atoms with Gasteiger partial charge in [0.1, 0.15) is 0 Å². The van der Waals surface area contributed by atoms with E-state index >= 15 is 0 Å². The van der Waals surface area contributed by atoms with E-state index in [1.54, 1.807) is 5.57 Å². The van der Waals surface area contributed by atoms with E-state index in [1.165, 1.54) is 19.3 Å². The fraction of sp³-hybridized carbons (Fsp3) is 0.750. The number of nitrogens with zero attached hydrogens (tertiary/aromatic N) is 1. The lowest BCUT2D eigenvalue weighted by atomic mass is 9.79. The summed E-state index contributed by atoms with van der Waals surface area (Å²) in [6, 6.07) is 0. The summed E-state index contributed by atoms with van der Waals surface area (Å²) >= 11 is 0. The molecule has 4 N–H and O–H groups in total. The summed E-state index contributed by atoms with van der Waals surface area (Å²) in [6.07, 6.45) is 3.79. The van der Waals surface area contributed by atoms with E-state index < -0.39 is 36.4 Å². The highest BCUT2D eigenvalue weighted by Crippen LogP contribution is 2.33. The molecule has 0 aromatic carbocycles. The third-order valence-corrected chi connectivity index (χ3v) is 4.92. The molecule has 1 unspecified atom stereocenters. The van der Waals surface area contributed by atoms with E-state index in [9.17, 15) is 14.4 Å². The van der Waals surface area contributed by atoms with Crippen LogP contribution in [0.2, 0.25) is 0 Å². The van der Waals surface area contributed by atoms with Crippen LogP contribution < -0.4 is 0 Å². The first-order chi connectivity index (χ1) is 13.2. The maximum absolute atomic E-state index is 10.3. The van der Waals surface area contributed by atoms with Crippen molar-refractivity contribution < 1.29 is 39.5 Å². The van der Waals surface area contributed by atoms with E-state index in [0.717, 1.165) is 13.2 Å². The molecule has 1 aliphatic rings. The molecule has 9 heteroatoms. The Bertz CT molecular complexity index is 581. The van der Waals surface area contributed by atoms with Gasteiger partial charge in [0.2, 0.25) is 0 Å². The first-order valence-corrected chi connectivity index (χ1v) is 9.53. The summed E-state index contributed by atoms with van der Waals surface area (Å²) in [7, 11) is 4.17. The SMILES string of the molecule is CC1=CCC(C(C)(C)OCCN(C)C)CC1.O=C(O)CC(O)(CC(=O)O)C(=O)O. The van der Waals surface area contributed by atoms with Gasteiger partial charge in [0.15, 0.2) is 5.60 Å². The Labute approximate surface area is 172 Å². The predicted molar refractivity (Wildman–Crippen MR) is 107 cm³/mol. The summed E-state index contributed by atoms with van der Waals surface area (Å²) in [5.74, 6) is -4.34. The maximum atomic E-state index is 10.3. The van der Waals surface area contributed by atoms with Crippen molar-refractivity contribution in [3.05, 3.63) is 11.6 Å². The van der Waals surface area contributed by atoms with Gasteiger partial charge in [-0.05, 0) is 60.0 Å². The molecule has 0 fully saturated rings. The third kappa shape index (κ3) is 11.0. The zero-order valence-electron chi connectivity index (χ0n) is 18.0. The van der Waals surface area contributed by atoms with E-state index in [0.29, 0.717) is 5.92 Å². The number of rotatable bonds is 10. The number of carboxylic acid groups (broad SMARTS) is 3. The highest BCUT2D eigenvalue weighted by molar-refractivity contribution is 5.88. The molecule has 1 atom stereocenters. The van der Waals surface area contributed by atoms with E-state index in [4.69, 9.17) is 25.2 Å². The highest BCUT2D eigenvalue weighted by Gasteiger charge is 2.40. The van der Waals surface area contributed by atoms with Crippen molar-refractivity contribution >= 4 is 17.9 Å². The maximum Gasteiger partial charge on any atom is 0.336 e. The van der Waals surface area contributed by atoms with Crippen molar-refractivity contribution in [2.75, 3.05) is 27.2 Å². The molecule has 0 spiro atoms. The van der Waals surface area contributed by atoms with Crippen LogP contribution in [0.5, 0.6) is 0 Å². The van der Waals surface area contributed by atoms with Crippen molar-refractivity contribution in [1.29, 1.82) is 0 Å². The van der Waals surface area contributed by atoms with Gasteiger partial charge in [-0.1, -0.05) is 11.6 Å². The average molecular weight is 417 g/mol. The van der Waals surface area contributed by atoms with Crippen LogP contribution in [0, 0.1) is 5.92 Å². The van der Waals surface area contributed by atoms with E-state index in [2.05, 4.69) is 45.8 Å². The van der Waals surface area contributed by atoms with Gasteiger partial charge in [-0.3, -0.25) is 9.59 Å². The lowest BCUT2D eigenvalue weighted by molar-refractivity contribution is -0.170. The first-order valence-electron chi connectivity index (χ1n) is 9.53. The number of aliphatic hydroxyl groups is 1. The first kappa shape index (κ1) is 27.0. The van der Waals surface area contributed by atoms with Gasteiger partial charge in [0.25, 0.3) is 0 Å². The molecule has 29 heavy (non-hydrogen) atoms. The monoisotopic (exact) mass is 417 g/mol. The summed E-state index contributed by atoms with van der Waals surface area (Å²) in [5, 5.41) is 33.8. The number of carboxylic acids is 3. The zero-order valence-corrected chi connectivity index (χ0v) is 18.0. The normalized spacial score (nSPS) is 17.2. The van der Waals surface area contributed by atoms with Crippen LogP contribution in [0.1, 0.15) is 52.9 Å². The molecule has 0 amide bonds. The minimum atomic E-state index is -2.74. The van der Waals surface area contributed by atoms with Crippen molar-refractivity contribution in [2.45, 2.75) is 64.1 Å². The molecule has 0 aliphatic heterocycles. The fourth-order valence-corrected chi connectivity index (χ4v) is 2.92. The van der Waals surface area contributed by atoms with Gasteiger partial charge in [0, 0.05) is 6.54 Å². The minimum Gasteiger partial charge on any atom is -0.481 e. The number of hydrogen-bond acceptors (Lipinski definition) is 6. The molecule has 0 saturated carbocycles. The largest absolute Gasteiger partial charge is 0.481 e. The van der Waals surface area contributed by atoms with Gasteiger partial charge in [-0.15, -0.1) is 0 Å². The Morgan fingerprint density at radius 1 is 1.14 bits per heavy atom. The molecule has 168 valence electrons. The van der Waals surface area contributed by atoms with Crippen LogP contribution in [0.3, 0.4) is 0 Å². The second-order valence-electron chi connectivity index (χ2n) is 8.25. The molecule has 0 aromatic heterocycles. The van der Waals surface area contributed by atoms with Crippen LogP contribution in [0.15, 0.2) is 11.6 Å². The minimum absolute atomic E-state index is 0.0210. The Hall–Kier alpha value is -1.97. The lowest BCUT2D eigenvalue weighted by Gasteiger charge is -2.36. The molecule has 1 rings (SSSR count). The number of likely N-dealkylation sites (N-methyl/N-ethyl adjacent to an activating group) is 1. The Morgan fingerprint density at radius 2 is 1.66 bits per heavy atom. The van der Waals surface area contributed by atoms with Crippen molar-refractivity contribution in [1.82, 2.24) is 4.90 Å². The van der Waals surface area contributed by atoms with Crippen LogP contribution in [0.25, 0.3) is 0 Å². The molecular weight excluding hydrogens is 382 g/mol. The van der Waals surface area contributed by atoms with Crippen molar-refractivity contribution in [3.8, 4) is 0 Å². The Balaban J connectivity index is 0.000000555. The second-order valence-corrected chi connectivity index (χ2v) is 8.25. The van der Waals surface area contributed by atoms with E-state index in [1.807, 2.05) is 0 Å². The molecular formula is C20H35NO8. The number of allylic oxidation sites excluding steroid dienone is 2. The molecule has 0 bridgehead atoms. The molecule has 1 aliphatic carbocycles. The van der Waals surface area contributed by atoms with Gasteiger partial charge in [-0.25, -0.2) is 4.79 Å². The molecule has 0 saturated heterocycles. The number of carbonyl (C=O) groups is 3. The quantitative estimate of drug-likeness (QED) is 0.391. The molecule has 0 heterocycles. The second kappa shape index (κ2) is 11.9. The van der Waals surface area contributed by atoms with Crippen LogP contribution in [-0.4, -0.2) is 81.7 Å². The summed E-state index contributed by atoms with van der Waals surface area (Å²) in [5.41, 5.74) is -1.18. The fourth-order valence-electron chi connectivity index (χ4n) is 2.92. The molecule has 0 radical (unpaired) electrons. The number of aliphatic carboxylic acids is 3. The lowest BCUT2D eigenvalue weighted by Crippen LogP contribution is -2.42. The smallest absolute Gasteiger partial charge is 0.336 e. The van der Waals surface area contributed by atoms with Crippen molar-refractivity contribution in [2.24, 2.45) is 5.92 Å². The summed E-state index contributed by atoms with van der Waals surface area (Å²) in [4.78, 5) is 32.7. The molecule has 0 aromatic rings. The van der Waals surface area contributed by atoms with Crippen molar-refractivity contribution in [3.63, 3.8) is 0 Å².